The topological polar surface area (TPSA) is 106 Å². The molecule has 0 aliphatic heterocycles. The summed E-state index contributed by atoms with van der Waals surface area (Å²) in [4.78, 5) is 24.9. The van der Waals surface area contributed by atoms with Crippen LogP contribution in [-0.2, 0) is 9.59 Å². The van der Waals surface area contributed by atoms with Gasteiger partial charge in [-0.25, -0.2) is 0 Å². The number of anilines is 2. The lowest BCUT2D eigenvalue weighted by atomic mass is 9.90. The summed E-state index contributed by atoms with van der Waals surface area (Å²) in [6.07, 6.45) is 0. The fraction of sp³-hybridized carbons (Fsp3) is 0.158. The van der Waals surface area contributed by atoms with Crippen LogP contribution in [0.4, 0.5) is 11.4 Å². The van der Waals surface area contributed by atoms with Crippen LogP contribution in [0.3, 0.4) is 0 Å². The molecule has 0 aliphatic carbocycles. The lowest BCUT2D eigenvalue weighted by Gasteiger charge is -2.22. The van der Waals surface area contributed by atoms with Gasteiger partial charge in [-0.1, -0.05) is 0 Å². The molecule has 0 saturated carbocycles. The Labute approximate surface area is 145 Å². The van der Waals surface area contributed by atoms with Crippen LogP contribution < -0.4 is 10.6 Å². The Balaban J connectivity index is 2.06. The number of nitrogens with one attached hydrogen (secondary N) is 2. The molecule has 25 heavy (non-hydrogen) atoms. The SMILES string of the molecule is CC(C)(C(=O)Nc1ccc(C#N)cc1)C(=O)Nc1ccc(C#N)cc1. The van der Waals surface area contributed by atoms with E-state index in [0.29, 0.717) is 22.5 Å². The predicted molar refractivity (Wildman–Crippen MR) is 93.4 cm³/mol. The number of hydrogen-bond acceptors (Lipinski definition) is 4. The number of rotatable bonds is 4. The van der Waals surface area contributed by atoms with Crippen LogP contribution in [-0.4, -0.2) is 11.8 Å². The van der Waals surface area contributed by atoms with E-state index in [0.717, 1.165) is 0 Å². The summed E-state index contributed by atoms with van der Waals surface area (Å²) in [6.45, 7) is 3.04. The zero-order valence-corrected chi connectivity index (χ0v) is 13.8. The standard InChI is InChI=1S/C19H16N4O2/c1-19(2,17(24)22-15-7-3-13(11-20)4-8-15)18(25)23-16-9-5-14(12-21)6-10-16/h3-10H,1-2H3,(H,22,24)(H,23,25). The second-order valence-electron chi connectivity index (χ2n) is 5.91. The molecule has 2 N–H and O–H groups in total. The summed E-state index contributed by atoms with van der Waals surface area (Å²) in [5, 5.41) is 22.9. The molecule has 2 rings (SSSR count). The minimum atomic E-state index is -1.32. The van der Waals surface area contributed by atoms with Gasteiger partial charge in [-0.15, -0.1) is 0 Å². The molecule has 2 aromatic carbocycles. The second-order valence-corrected chi connectivity index (χ2v) is 5.91. The maximum absolute atomic E-state index is 12.4. The van der Waals surface area contributed by atoms with Crippen molar-refractivity contribution in [3.05, 3.63) is 59.7 Å². The third-order valence-electron chi connectivity index (χ3n) is 3.68. The van der Waals surface area contributed by atoms with Gasteiger partial charge in [-0.3, -0.25) is 9.59 Å². The van der Waals surface area contributed by atoms with Gasteiger partial charge in [0.05, 0.1) is 23.3 Å². The smallest absolute Gasteiger partial charge is 0.239 e. The Bertz CT molecular complexity index is 796. The molecule has 0 unspecified atom stereocenters. The lowest BCUT2D eigenvalue weighted by Crippen LogP contribution is -2.41. The number of nitrogens with zero attached hydrogens (tertiary/aromatic N) is 2. The highest BCUT2D eigenvalue weighted by Crippen LogP contribution is 2.22. The summed E-state index contributed by atoms with van der Waals surface area (Å²) in [6, 6.07) is 16.7. The molecule has 6 heteroatoms. The van der Waals surface area contributed by atoms with Gasteiger partial charge in [0.2, 0.25) is 11.8 Å². The van der Waals surface area contributed by atoms with Crippen LogP contribution >= 0.6 is 0 Å². The average Bonchev–Trinajstić information content (AvgIpc) is 2.62. The van der Waals surface area contributed by atoms with Gasteiger partial charge in [0, 0.05) is 11.4 Å². The van der Waals surface area contributed by atoms with Crippen molar-refractivity contribution in [2.24, 2.45) is 5.41 Å². The van der Waals surface area contributed by atoms with Crippen LogP contribution in [0.2, 0.25) is 0 Å². The molecule has 0 saturated heterocycles. The van der Waals surface area contributed by atoms with E-state index in [9.17, 15) is 9.59 Å². The van der Waals surface area contributed by atoms with Gasteiger partial charge < -0.3 is 10.6 Å². The predicted octanol–water partition coefficient (Wildman–Crippen LogP) is 3.03. The Morgan fingerprint density at radius 2 is 1.08 bits per heavy atom. The third kappa shape index (κ3) is 4.21. The Morgan fingerprint density at radius 1 is 0.760 bits per heavy atom. The molecule has 2 amide bonds. The van der Waals surface area contributed by atoms with Crippen molar-refractivity contribution in [2.75, 3.05) is 10.6 Å². The molecule has 0 heterocycles. The van der Waals surface area contributed by atoms with Crippen LogP contribution in [0.25, 0.3) is 0 Å². The molecule has 0 fully saturated rings. The molecule has 0 bridgehead atoms. The average molecular weight is 332 g/mol. The zero-order valence-electron chi connectivity index (χ0n) is 13.8. The number of carbonyl (C=O) groups excluding carboxylic acids is 2. The molecule has 124 valence electrons. The molecular weight excluding hydrogens is 316 g/mol. The lowest BCUT2D eigenvalue weighted by molar-refractivity contribution is -0.135. The second kappa shape index (κ2) is 7.29. The minimum Gasteiger partial charge on any atom is -0.325 e. The van der Waals surface area contributed by atoms with Crippen molar-refractivity contribution in [3.8, 4) is 12.1 Å². The van der Waals surface area contributed by atoms with E-state index in [1.807, 2.05) is 12.1 Å². The van der Waals surface area contributed by atoms with Crippen molar-refractivity contribution < 1.29 is 9.59 Å². The van der Waals surface area contributed by atoms with Crippen molar-refractivity contribution >= 4 is 23.2 Å². The largest absolute Gasteiger partial charge is 0.325 e. The van der Waals surface area contributed by atoms with Crippen molar-refractivity contribution in [3.63, 3.8) is 0 Å². The first-order valence-corrected chi connectivity index (χ1v) is 7.50. The molecule has 0 atom stereocenters. The van der Waals surface area contributed by atoms with E-state index >= 15 is 0 Å². The van der Waals surface area contributed by atoms with E-state index in [1.54, 1.807) is 48.5 Å². The van der Waals surface area contributed by atoms with E-state index in [2.05, 4.69) is 10.6 Å². The van der Waals surface area contributed by atoms with E-state index in [1.165, 1.54) is 13.8 Å². The van der Waals surface area contributed by atoms with Crippen molar-refractivity contribution in [1.82, 2.24) is 0 Å². The number of nitriles is 2. The first kappa shape index (κ1) is 17.7. The normalized spacial score (nSPS) is 10.2. The molecule has 2 aromatic rings. The van der Waals surface area contributed by atoms with Gasteiger partial charge in [0.25, 0.3) is 0 Å². The highest BCUT2D eigenvalue weighted by Gasteiger charge is 2.36. The molecule has 0 spiro atoms. The van der Waals surface area contributed by atoms with Crippen LogP contribution in [0.5, 0.6) is 0 Å². The van der Waals surface area contributed by atoms with Gasteiger partial charge in [0.1, 0.15) is 5.41 Å². The molecular formula is C19H16N4O2. The highest BCUT2D eigenvalue weighted by molar-refractivity contribution is 6.14. The first-order chi connectivity index (χ1) is 11.9. The number of amides is 2. The fourth-order valence-electron chi connectivity index (χ4n) is 1.93. The highest BCUT2D eigenvalue weighted by atomic mass is 16.2. The fourth-order valence-corrected chi connectivity index (χ4v) is 1.93. The number of hydrogen-bond donors (Lipinski definition) is 2. The summed E-state index contributed by atoms with van der Waals surface area (Å²) < 4.78 is 0. The zero-order chi connectivity index (χ0) is 18.4. The quantitative estimate of drug-likeness (QED) is 0.839. The maximum Gasteiger partial charge on any atom is 0.239 e. The van der Waals surface area contributed by atoms with Gasteiger partial charge in [0.15, 0.2) is 0 Å². The van der Waals surface area contributed by atoms with E-state index < -0.39 is 17.2 Å². The maximum atomic E-state index is 12.4. The van der Waals surface area contributed by atoms with Crippen molar-refractivity contribution in [1.29, 1.82) is 10.5 Å². The molecule has 0 aliphatic rings. The van der Waals surface area contributed by atoms with Gasteiger partial charge in [-0.2, -0.15) is 10.5 Å². The summed E-state index contributed by atoms with van der Waals surface area (Å²) in [5.41, 5.74) is 0.653. The minimum absolute atomic E-state index is 0.469. The van der Waals surface area contributed by atoms with Crippen LogP contribution in [0.1, 0.15) is 25.0 Å². The third-order valence-corrected chi connectivity index (χ3v) is 3.68. The summed E-state index contributed by atoms with van der Waals surface area (Å²) >= 11 is 0. The molecule has 6 nitrogen and oxygen atoms in total. The monoisotopic (exact) mass is 332 g/mol. The van der Waals surface area contributed by atoms with E-state index in [4.69, 9.17) is 10.5 Å². The van der Waals surface area contributed by atoms with Crippen LogP contribution in [0, 0.1) is 28.1 Å². The van der Waals surface area contributed by atoms with E-state index in [-0.39, 0.29) is 0 Å². The Kier molecular flexibility index (Phi) is 5.16. The summed E-state index contributed by atoms with van der Waals surface area (Å²) in [5.74, 6) is -0.938. The Hall–Kier alpha value is -3.64. The first-order valence-electron chi connectivity index (χ1n) is 7.50. The Morgan fingerprint density at radius 3 is 1.36 bits per heavy atom. The molecule has 0 radical (unpaired) electrons. The van der Waals surface area contributed by atoms with Crippen LogP contribution in [0.15, 0.2) is 48.5 Å². The van der Waals surface area contributed by atoms with Gasteiger partial charge in [-0.05, 0) is 62.4 Å². The number of benzene rings is 2. The van der Waals surface area contributed by atoms with Gasteiger partial charge >= 0.3 is 0 Å². The van der Waals surface area contributed by atoms with Crippen molar-refractivity contribution in [2.45, 2.75) is 13.8 Å². The summed E-state index contributed by atoms with van der Waals surface area (Å²) in [7, 11) is 0. The molecule has 0 aromatic heterocycles. The number of carbonyl (C=O) groups is 2.